The summed E-state index contributed by atoms with van der Waals surface area (Å²) in [7, 11) is 6.66. The quantitative estimate of drug-likeness (QED) is 0.0984. The molecule has 0 aromatic heterocycles. The normalized spacial score (nSPS) is 12.9. The van der Waals surface area contributed by atoms with Crippen molar-refractivity contribution in [3.63, 3.8) is 0 Å². The van der Waals surface area contributed by atoms with Crippen LogP contribution in [0.2, 0.25) is 0 Å². The minimum absolute atomic E-state index is 0.892. The molecule has 0 N–H and O–H groups in total. The molecule has 0 amide bonds. The zero-order valence-corrected chi connectivity index (χ0v) is 23.7. The van der Waals surface area contributed by atoms with Gasteiger partial charge in [0.1, 0.15) is 0 Å². The van der Waals surface area contributed by atoms with E-state index in [1.165, 1.54) is 141 Å². The predicted molar refractivity (Wildman–Crippen MR) is 152 cm³/mol. The Balaban J connectivity index is 3.80. The third-order valence-electron chi connectivity index (χ3n) is 6.91. The van der Waals surface area contributed by atoms with Crippen LogP contribution in [-0.4, -0.2) is 50.6 Å². The van der Waals surface area contributed by atoms with Gasteiger partial charge in [-0.2, -0.15) is 0 Å². The lowest BCUT2D eigenvalue weighted by molar-refractivity contribution is 0.228. The van der Waals surface area contributed by atoms with E-state index in [1.807, 2.05) is 0 Å². The van der Waals surface area contributed by atoms with Gasteiger partial charge in [-0.05, 0) is 78.4 Å². The van der Waals surface area contributed by atoms with E-state index in [4.69, 9.17) is 0 Å². The summed E-state index contributed by atoms with van der Waals surface area (Å²) in [6.07, 6.45) is 29.1. The van der Waals surface area contributed by atoms with Crippen LogP contribution in [0.3, 0.4) is 0 Å². The van der Waals surface area contributed by atoms with Gasteiger partial charge in [-0.15, -0.1) is 0 Å². The molecule has 33 heavy (non-hydrogen) atoms. The highest BCUT2D eigenvalue weighted by Gasteiger charge is 2.12. The first kappa shape index (κ1) is 32.4. The lowest BCUT2D eigenvalue weighted by atomic mass is 9.94. The minimum atomic E-state index is 0.892. The van der Waals surface area contributed by atoms with E-state index in [-0.39, 0.29) is 0 Å². The fourth-order valence-electron chi connectivity index (χ4n) is 4.59. The minimum Gasteiger partial charge on any atom is -0.308 e. The molecule has 2 heteroatoms. The fourth-order valence-corrected chi connectivity index (χ4v) is 4.59. The Hall–Kier alpha value is -0.600. The van der Waals surface area contributed by atoms with Crippen LogP contribution in [0.4, 0.5) is 0 Å². The molecular weight excluding hydrogens is 400 g/mol. The summed E-state index contributed by atoms with van der Waals surface area (Å²) in [5.41, 5.74) is 1.46. The molecule has 0 saturated carbocycles. The third kappa shape index (κ3) is 24.3. The largest absolute Gasteiger partial charge is 0.308 e. The van der Waals surface area contributed by atoms with Crippen LogP contribution in [0, 0.1) is 5.92 Å². The Bertz CT molecular complexity index is 440. The van der Waals surface area contributed by atoms with Gasteiger partial charge in [0.15, 0.2) is 0 Å². The highest BCUT2D eigenvalue weighted by Crippen LogP contribution is 2.20. The molecule has 0 fully saturated rings. The summed E-state index contributed by atoms with van der Waals surface area (Å²) in [5, 5.41) is 0. The topological polar surface area (TPSA) is 6.48 Å². The van der Waals surface area contributed by atoms with Gasteiger partial charge < -0.3 is 9.80 Å². The van der Waals surface area contributed by atoms with Crippen LogP contribution in [0.1, 0.15) is 129 Å². The molecule has 0 bridgehead atoms. The average molecular weight is 463 g/mol. The number of unbranched alkanes of at least 4 members (excludes halogenated alkanes) is 10. The molecule has 0 saturated heterocycles. The van der Waals surface area contributed by atoms with E-state index >= 15 is 0 Å². The second kappa shape index (κ2) is 24.5. The molecule has 0 aliphatic carbocycles. The van der Waals surface area contributed by atoms with E-state index in [0.717, 1.165) is 5.92 Å². The summed E-state index contributed by atoms with van der Waals surface area (Å²) in [4.78, 5) is 4.85. The predicted octanol–water partition coefficient (Wildman–Crippen LogP) is 9.27. The molecule has 0 aliphatic rings. The summed E-state index contributed by atoms with van der Waals surface area (Å²) < 4.78 is 0. The van der Waals surface area contributed by atoms with Gasteiger partial charge in [-0.3, -0.25) is 0 Å². The van der Waals surface area contributed by atoms with Gasteiger partial charge in [0.05, 0.1) is 0 Å². The van der Waals surface area contributed by atoms with Crippen LogP contribution >= 0.6 is 0 Å². The van der Waals surface area contributed by atoms with E-state index in [9.17, 15) is 0 Å². The summed E-state index contributed by atoms with van der Waals surface area (Å²) in [6, 6.07) is 0. The SMILES string of the molecule is C=C(CC/C=C/CCCCCC)CCCCCCCC(CCCCC)CN(C)CCN(C)C. The molecule has 0 rings (SSSR count). The van der Waals surface area contributed by atoms with Crippen LogP contribution in [-0.2, 0) is 0 Å². The molecular formula is C31H62N2. The maximum absolute atomic E-state index is 4.32. The monoisotopic (exact) mass is 462 g/mol. The van der Waals surface area contributed by atoms with Crippen LogP contribution in [0.5, 0.6) is 0 Å². The Morgan fingerprint density at radius 3 is 1.94 bits per heavy atom. The maximum atomic E-state index is 4.32. The van der Waals surface area contributed by atoms with E-state index in [2.05, 4.69) is 63.5 Å². The van der Waals surface area contributed by atoms with Crippen LogP contribution in [0.15, 0.2) is 24.3 Å². The number of hydrogen-bond acceptors (Lipinski definition) is 2. The Labute approximate surface area is 210 Å². The molecule has 0 heterocycles. The maximum Gasteiger partial charge on any atom is 0.0106 e. The van der Waals surface area contributed by atoms with Gasteiger partial charge in [-0.25, -0.2) is 0 Å². The van der Waals surface area contributed by atoms with Crippen molar-refractivity contribution in [2.75, 3.05) is 40.8 Å². The fraction of sp³-hybridized carbons (Fsp3) is 0.871. The van der Waals surface area contributed by atoms with Crippen molar-refractivity contribution in [3.05, 3.63) is 24.3 Å². The molecule has 2 nitrogen and oxygen atoms in total. The van der Waals surface area contributed by atoms with Crippen molar-refractivity contribution < 1.29 is 0 Å². The second-order valence-electron chi connectivity index (χ2n) is 10.8. The van der Waals surface area contributed by atoms with Crippen molar-refractivity contribution in [3.8, 4) is 0 Å². The van der Waals surface area contributed by atoms with Crippen molar-refractivity contribution in [2.24, 2.45) is 5.92 Å². The standard InChI is InChI=1S/C31H62N2/c1-7-9-11-12-13-14-16-20-23-30(3)24-21-17-15-18-22-26-31(25-19-10-8-2)29-33(6)28-27-32(4)5/h14,16,31H,3,7-13,15,17-29H2,1-2,4-6H3/b16-14+. The number of rotatable bonds is 25. The second-order valence-corrected chi connectivity index (χ2v) is 10.8. The summed E-state index contributed by atoms with van der Waals surface area (Å²) >= 11 is 0. The van der Waals surface area contributed by atoms with Crippen molar-refractivity contribution in [2.45, 2.75) is 129 Å². The zero-order chi connectivity index (χ0) is 24.6. The first-order valence-corrected chi connectivity index (χ1v) is 14.6. The highest BCUT2D eigenvalue weighted by molar-refractivity contribution is 4.96. The van der Waals surface area contributed by atoms with E-state index < -0.39 is 0 Å². The van der Waals surface area contributed by atoms with Gasteiger partial charge >= 0.3 is 0 Å². The van der Waals surface area contributed by atoms with E-state index in [0.29, 0.717) is 0 Å². The zero-order valence-electron chi connectivity index (χ0n) is 23.7. The summed E-state index contributed by atoms with van der Waals surface area (Å²) in [6.45, 7) is 12.6. The molecule has 0 aliphatic heterocycles. The number of nitrogens with zero attached hydrogens (tertiary/aromatic N) is 2. The van der Waals surface area contributed by atoms with Crippen molar-refractivity contribution in [1.82, 2.24) is 9.80 Å². The Morgan fingerprint density at radius 2 is 1.24 bits per heavy atom. The lowest BCUT2D eigenvalue weighted by Crippen LogP contribution is -2.32. The molecule has 0 aromatic rings. The van der Waals surface area contributed by atoms with Crippen molar-refractivity contribution >= 4 is 0 Å². The van der Waals surface area contributed by atoms with Gasteiger partial charge in [0, 0.05) is 19.6 Å². The third-order valence-corrected chi connectivity index (χ3v) is 6.91. The molecule has 1 atom stereocenters. The number of hydrogen-bond donors (Lipinski definition) is 0. The molecule has 196 valence electrons. The smallest absolute Gasteiger partial charge is 0.0106 e. The lowest BCUT2D eigenvalue weighted by Gasteiger charge is -2.25. The molecule has 0 spiro atoms. The first-order valence-electron chi connectivity index (χ1n) is 14.6. The van der Waals surface area contributed by atoms with Gasteiger partial charge in [0.25, 0.3) is 0 Å². The first-order chi connectivity index (χ1) is 16.0. The average Bonchev–Trinajstić information content (AvgIpc) is 2.78. The van der Waals surface area contributed by atoms with E-state index in [1.54, 1.807) is 0 Å². The number of likely N-dealkylation sites (N-methyl/N-ethyl adjacent to an activating group) is 2. The Morgan fingerprint density at radius 1 is 0.667 bits per heavy atom. The number of allylic oxidation sites excluding steroid dienone is 3. The van der Waals surface area contributed by atoms with Crippen molar-refractivity contribution in [1.29, 1.82) is 0 Å². The van der Waals surface area contributed by atoms with Gasteiger partial charge in [-0.1, -0.05) is 102 Å². The molecule has 0 radical (unpaired) electrons. The van der Waals surface area contributed by atoms with Crippen LogP contribution in [0.25, 0.3) is 0 Å². The molecule has 1 unspecified atom stereocenters. The highest BCUT2D eigenvalue weighted by atomic mass is 15.1. The summed E-state index contributed by atoms with van der Waals surface area (Å²) in [5.74, 6) is 0.892. The van der Waals surface area contributed by atoms with Crippen LogP contribution < -0.4 is 0 Å². The molecule has 0 aromatic carbocycles. The van der Waals surface area contributed by atoms with Gasteiger partial charge in [0.2, 0.25) is 0 Å². The Kier molecular flexibility index (Phi) is 24.1.